The molecular weight excluding hydrogens is 374 g/mol. The lowest BCUT2D eigenvalue weighted by molar-refractivity contribution is -0.00521. The van der Waals surface area contributed by atoms with Gasteiger partial charge < -0.3 is 25.3 Å². The molecule has 144 valence electrons. The molecule has 8 heteroatoms. The van der Waals surface area contributed by atoms with E-state index in [0.29, 0.717) is 17.1 Å². The van der Waals surface area contributed by atoms with Crippen LogP contribution in [0.1, 0.15) is 13.8 Å². The number of aromatic amines is 2. The number of rotatable bonds is 2. The van der Waals surface area contributed by atoms with Gasteiger partial charge in [-0.3, -0.25) is 4.79 Å². The Labute approximate surface area is 165 Å². The summed E-state index contributed by atoms with van der Waals surface area (Å²) in [5.74, 6) is 0.489. The number of imidazole rings is 1. The van der Waals surface area contributed by atoms with Gasteiger partial charge in [-0.1, -0.05) is 0 Å². The molecule has 0 bridgehead atoms. The molecule has 5 rings (SSSR count). The van der Waals surface area contributed by atoms with Crippen molar-refractivity contribution in [3.63, 3.8) is 0 Å². The molecule has 0 amide bonds. The highest BCUT2D eigenvalue weighted by Crippen LogP contribution is 2.31. The maximum absolute atomic E-state index is 12.6. The van der Waals surface area contributed by atoms with Gasteiger partial charge in [-0.05, 0) is 43.5 Å². The number of nitrogens with two attached hydrogens (primary N) is 1. The molecule has 0 unspecified atom stereocenters. The van der Waals surface area contributed by atoms with E-state index in [1.807, 2.05) is 17.5 Å². The van der Waals surface area contributed by atoms with Crippen LogP contribution in [0.15, 0.2) is 34.4 Å². The van der Waals surface area contributed by atoms with Gasteiger partial charge in [-0.25, -0.2) is 4.98 Å². The minimum atomic E-state index is -0.234. The number of anilines is 2. The molecule has 3 aromatic heterocycles. The van der Waals surface area contributed by atoms with Gasteiger partial charge >= 0.3 is 0 Å². The van der Waals surface area contributed by atoms with Gasteiger partial charge in [-0.2, -0.15) is 0 Å². The zero-order valence-corrected chi connectivity index (χ0v) is 16.5. The topological polar surface area (TPSA) is 100 Å². The van der Waals surface area contributed by atoms with Gasteiger partial charge in [0, 0.05) is 24.2 Å². The molecule has 28 heavy (non-hydrogen) atoms. The van der Waals surface area contributed by atoms with Crippen molar-refractivity contribution in [2.45, 2.75) is 26.1 Å². The van der Waals surface area contributed by atoms with E-state index in [2.05, 4.69) is 45.8 Å². The number of benzene rings is 1. The number of hydrogen-bond acceptors (Lipinski definition) is 6. The lowest BCUT2D eigenvalue weighted by Gasteiger charge is -2.36. The Balaban J connectivity index is 1.59. The Morgan fingerprint density at radius 2 is 2.00 bits per heavy atom. The van der Waals surface area contributed by atoms with E-state index in [1.54, 1.807) is 0 Å². The molecule has 4 N–H and O–H groups in total. The van der Waals surface area contributed by atoms with Gasteiger partial charge in [0.1, 0.15) is 16.2 Å². The summed E-state index contributed by atoms with van der Waals surface area (Å²) in [7, 11) is 0. The van der Waals surface area contributed by atoms with E-state index in [4.69, 9.17) is 10.5 Å². The van der Waals surface area contributed by atoms with Crippen molar-refractivity contribution in [2.75, 3.05) is 23.7 Å². The summed E-state index contributed by atoms with van der Waals surface area (Å²) in [5.41, 5.74) is 9.70. The summed E-state index contributed by atoms with van der Waals surface area (Å²) in [6.07, 6.45) is 0.375. The first-order valence-electron chi connectivity index (χ1n) is 9.29. The molecule has 1 saturated heterocycles. The van der Waals surface area contributed by atoms with Crippen molar-refractivity contribution in [1.29, 1.82) is 0 Å². The van der Waals surface area contributed by atoms with Crippen LogP contribution < -0.4 is 16.2 Å². The summed E-state index contributed by atoms with van der Waals surface area (Å²) in [5, 5.41) is 2.76. The van der Waals surface area contributed by atoms with Crippen LogP contribution in [-0.4, -0.2) is 40.2 Å². The lowest BCUT2D eigenvalue weighted by Crippen LogP contribution is -2.45. The highest BCUT2D eigenvalue weighted by molar-refractivity contribution is 7.16. The van der Waals surface area contributed by atoms with Crippen LogP contribution in [0.5, 0.6) is 0 Å². The predicted octanol–water partition coefficient (Wildman–Crippen LogP) is 3.33. The normalized spacial score (nSPS) is 20.3. The van der Waals surface area contributed by atoms with Crippen LogP contribution in [0.2, 0.25) is 0 Å². The molecule has 4 aromatic rings. The lowest BCUT2D eigenvalue weighted by atomic mass is 10.2. The maximum Gasteiger partial charge on any atom is 0.262 e. The molecule has 0 spiro atoms. The third-order valence-corrected chi connectivity index (χ3v) is 6.00. The number of ether oxygens (including phenoxy) is 1. The first-order chi connectivity index (χ1) is 13.5. The second-order valence-corrected chi connectivity index (χ2v) is 8.27. The minimum Gasteiger partial charge on any atom is -0.397 e. The number of nitrogens with one attached hydrogen (secondary N) is 2. The van der Waals surface area contributed by atoms with E-state index in [-0.39, 0.29) is 17.8 Å². The summed E-state index contributed by atoms with van der Waals surface area (Å²) in [6, 6.07) is 8.02. The average Bonchev–Trinajstić information content (AvgIpc) is 3.26. The van der Waals surface area contributed by atoms with Gasteiger partial charge in [-0.15, -0.1) is 11.3 Å². The fourth-order valence-electron chi connectivity index (χ4n) is 3.98. The van der Waals surface area contributed by atoms with E-state index >= 15 is 0 Å². The number of nitrogen functional groups attached to an aromatic ring is 1. The van der Waals surface area contributed by atoms with Crippen molar-refractivity contribution in [3.05, 3.63) is 40.0 Å². The standard InChI is InChI=1S/C20H21N5O2S/c1-10-8-25(9-11(2)27-10)12-3-4-14-15(7-12)23-18(22-14)16-17(21)13-5-6-28-20(13)24-19(16)26/h3-7,10-11H,8-9H2,1-2H3,(H,22,23)(H3,21,24,26)/t10-,11+. The zero-order valence-electron chi connectivity index (χ0n) is 15.7. The number of aromatic nitrogens is 3. The Morgan fingerprint density at radius 3 is 2.79 bits per heavy atom. The smallest absolute Gasteiger partial charge is 0.262 e. The number of H-pyrrole nitrogens is 2. The van der Waals surface area contributed by atoms with E-state index in [1.165, 1.54) is 11.3 Å². The molecule has 0 aliphatic carbocycles. The fourth-order valence-corrected chi connectivity index (χ4v) is 4.77. The maximum atomic E-state index is 12.6. The van der Waals surface area contributed by atoms with Crippen LogP contribution in [0.3, 0.4) is 0 Å². The molecule has 2 atom stereocenters. The summed E-state index contributed by atoms with van der Waals surface area (Å²) in [6.45, 7) is 5.87. The summed E-state index contributed by atoms with van der Waals surface area (Å²) >= 11 is 1.46. The molecule has 1 aromatic carbocycles. The molecule has 1 aliphatic rings. The molecule has 0 radical (unpaired) electrons. The quantitative estimate of drug-likeness (QED) is 0.483. The number of morpholine rings is 1. The number of nitrogens with zero attached hydrogens (tertiary/aromatic N) is 2. The van der Waals surface area contributed by atoms with Crippen molar-refractivity contribution >= 4 is 44.0 Å². The molecular formula is C20H21N5O2S. The Kier molecular flexibility index (Phi) is 3.92. The second-order valence-electron chi connectivity index (χ2n) is 7.36. The van der Waals surface area contributed by atoms with Crippen molar-refractivity contribution in [1.82, 2.24) is 15.0 Å². The Morgan fingerprint density at radius 1 is 1.21 bits per heavy atom. The first-order valence-corrected chi connectivity index (χ1v) is 10.2. The van der Waals surface area contributed by atoms with Crippen LogP contribution >= 0.6 is 11.3 Å². The van der Waals surface area contributed by atoms with Gasteiger partial charge in [0.05, 0.1) is 28.9 Å². The van der Waals surface area contributed by atoms with Crippen LogP contribution in [0.4, 0.5) is 11.4 Å². The minimum absolute atomic E-state index is 0.187. The Bertz CT molecular complexity index is 1230. The average molecular weight is 395 g/mol. The molecule has 0 saturated carbocycles. The monoisotopic (exact) mass is 395 g/mol. The number of thiophene rings is 1. The SMILES string of the molecule is C[C@@H]1CN(c2ccc3nc(-c4c(N)c5ccsc5[nH]c4=O)[nH]c3c2)C[C@H](C)O1. The van der Waals surface area contributed by atoms with Gasteiger partial charge in [0.25, 0.3) is 5.56 Å². The van der Waals surface area contributed by atoms with E-state index in [0.717, 1.165) is 40.0 Å². The van der Waals surface area contributed by atoms with Gasteiger partial charge in [0.2, 0.25) is 0 Å². The summed E-state index contributed by atoms with van der Waals surface area (Å²) < 4.78 is 5.83. The Hall–Kier alpha value is -2.84. The van der Waals surface area contributed by atoms with Crippen LogP contribution in [0.25, 0.3) is 32.6 Å². The number of fused-ring (bicyclic) bond motifs is 2. The number of pyridine rings is 1. The highest BCUT2D eigenvalue weighted by Gasteiger charge is 2.23. The summed E-state index contributed by atoms with van der Waals surface area (Å²) in [4.78, 5) is 26.5. The largest absolute Gasteiger partial charge is 0.397 e. The molecule has 1 fully saturated rings. The van der Waals surface area contributed by atoms with Crippen LogP contribution in [-0.2, 0) is 4.74 Å². The fraction of sp³-hybridized carbons (Fsp3) is 0.300. The number of hydrogen-bond donors (Lipinski definition) is 3. The molecule has 7 nitrogen and oxygen atoms in total. The van der Waals surface area contributed by atoms with E-state index < -0.39 is 0 Å². The second kappa shape index (κ2) is 6.35. The first kappa shape index (κ1) is 17.3. The van der Waals surface area contributed by atoms with Gasteiger partial charge in [0.15, 0.2) is 0 Å². The predicted molar refractivity (Wildman–Crippen MR) is 114 cm³/mol. The third kappa shape index (κ3) is 2.76. The van der Waals surface area contributed by atoms with Crippen molar-refractivity contribution in [2.24, 2.45) is 0 Å². The van der Waals surface area contributed by atoms with Crippen molar-refractivity contribution in [3.8, 4) is 11.4 Å². The highest BCUT2D eigenvalue weighted by atomic mass is 32.1. The van der Waals surface area contributed by atoms with Crippen molar-refractivity contribution < 1.29 is 4.74 Å². The molecule has 4 heterocycles. The third-order valence-electron chi connectivity index (χ3n) is 5.17. The van der Waals surface area contributed by atoms with E-state index in [9.17, 15) is 4.79 Å². The molecule has 1 aliphatic heterocycles. The van der Waals surface area contributed by atoms with Crippen LogP contribution in [0, 0.1) is 0 Å². The zero-order chi connectivity index (χ0) is 19.4.